The van der Waals surface area contributed by atoms with Crippen LogP contribution in [0.15, 0.2) is 42.5 Å². The third kappa shape index (κ3) is 6.54. The van der Waals surface area contributed by atoms with Crippen LogP contribution in [-0.2, 0) is 4.79 Å². The first-order chi connectivity index (χ1) is 17.1. The lowest BCUT2D eigenvalue weighted by atomic mass is 10.0. The Morgan fingerprint density at radius 3 is 2.39 bits per heavy atom. The zero-order valence-corrected chi connectivity index (χ0v) is 20.3. The summed E-state index contributed by atoms with van der Waals surface area (Å²) < 4.78 is 45.9. The number of carbonyl (C=O) groups is 1. The molecule has 0 aliphatic carbocycles. The van der Waals surface area contributed by atoms with Gasteiger partial charge in [-0.05, 0) is 76.3 Å². The zero-order valence-electron chi connectivity index (χ0n) is 20.3. The molecule has 0 saturated carbocycles. The second-order valence-electron chi connectivity index (χ2n) is 8.88. The molecule has 1 aromatic heterocycles. The Kier molecular flexibility index (Phi) is 7.48. The number of nitrogens with zero attached hydrogens (tertiary/aromatic N) is 4. The molecule has 0 atom stereocenters. The Morgan fingerprint density at radius 1 is 1.08 bits per heavy atom. The molecule has 0 unspecified atom stereocenters. The highest BCUT2D eigenvalue weighted by atomic mass is 19.4. The summed E-state index contributed by atoms with van der Waals surface area (Å²) in [7, 11) is 4.21. The van der Waals surface area contributed by atoms with E-state index in [0.717, 1.165) is 54.7 Å². The summed E-state index contributed by atoms with van der Waals surface area (Å²) in [5, 5.41) is 3.59. The summed E-state index contributed by atoms with van der Waals surface area (Å²) in [5.41, 5.74) is 2.18. The number of anilines is 2. The molecule has 3 aromatic rings. The van der Waals surface area contributed by atoms with Crippen molar-refractivity contribution in [2.45, 2.75) is 32.2 Å². The highest BCUT2D eigenvalue weighted by Gasteiger charge is 2.31. The number of alkyl halides is 3. The molecule has 0 bridgehead atoms. The number of rotatable bonds is 7. The quantitative estimate of drug-likeness (QED) is 0.513. The second-order valence-corrected chi connectivity index (χ2v) is 8.88. The van der Waals surface area contributed by atoms with Crippen molar-refractivity contribution in [1.82, 2.24) is 14.9 Å². The molecule has 8 nitrogen and oxygen atoms in total. The van der Waals surface area contributed by atoms with Crippen molar-refractivity contribution in [3.63, 3.8) is 0 Å². The summed E-state index contributed by atoms with van der Waals surface area (Å²) in [6.45, 7) is 3.41. The van der Waals surface area contributed by atoms with Crippen LogP contribution < -0.4 is 19.7 Å². The van der Waals surface area contributed by atoms with Crippen LogP contribution in [0.3, 0.4) is 0 Å². The number of amides is 1. The molecule has 4 rings (SSSR count). The molecule has 1 saturated heterocycles. The van der Waals surface area contributed by atoms with E-state index in [2.05, 4.69) is 33.9 Å². The Balaban J connectivity index is 1.35. The van der Waals surface area contributed by atoms with Gasteiger partial charge in [0.05, 0.1) is 11.2 Å². The molecule has 0 spiro atoms. The minimum Gasteiger partial charge on any atom is -0.484 e. The predicted molar refractivity (Wildman–Crippen MR) is 130 cm³/mol. The van der Waals surface area contributed by atoms with E-state index >= 15 is 0 Å². The lowest BCUT2D eigenvalue weighted by molar-refractivity contribution is -0.274. The smallest absolute Gasteiger partial charge is 0.484 e. The van der Waals surface area contributed by atoms with E-state index < -0.39 is 12.3 Å². The van der Waals surface area contributed by atoms with Crippen molar-refractivity contribution in [2.24, 2.45) is 0 Å². The summed E-state index contributed by atoms with van der Waals surface area (Å²) in [5.74, 6) is 0.178. The molecule has 2 aromatic carbocycles. The van der Waals surface area contributed by atoms with E-state index in [4.69, 9.17) is 14.7 Å². The van der Waals surface area contributed by atoms with Crippen LogP contribution in [0, 0.1) is 6.92 Å². The lowest BCUT2D eigenvalue weighted by Gasteiger charge is -2.35. The summed E-state index contributed by atoms with van der Waals surface area (Å²) in [4.78, 5) is 26.3. The minimum absolute atomic E-state index is 0.240. The van der Waals surface area contributed by atoms with Gasteiger partial charge in [0.2, 0.25) is 5.95 Å². The van der Waals surface area contributed by atoms with Crippen molar-refractivity contribution in [3.05, 3.63) is 48.2 Å². The molecule has 1 fully saturated rings. The number of piperidine rings is 1. The van der Waals surface area contributed by atoms with Crippen LogP contribution >= 0.6 is 0 Å². The third-order valence-corrected chi connectivity index (χ3v) is 6.06. The number of fused-ring (bicyclic) bond motifs is 1. The van der Waals surface area contributed by atoms with Gasteiger partial charge in [-0.3, -0.25) is 4.79 Å². The Bertz CT molecular complexity index is 1210. The topological polar surface area (TPSA) is 79.8 Å². The molecular weight excluding hydrogens is 475 g/mol. The molecular formula is C25H28F3N5O3. The predicted octanol–water partition coefficient (Wildman–Crippen LogP) is 4.38. The molecule has 0 radical (unpaired) electrons. The number of hydrogen-bond acceptors (Lipinski definition) is 7. The molecule has 11 heteroatoms. The average molecular weight is 504 g/mol. The Labute approximate surface area is 207 Å². The molecule has 2 heterocycles. The van der Waals surface area contributed by atoms with Crippen LogP contribution in [-0.4, -0.2) is 67.0 Å². The van der Waals surface area contributed by atoms with E-state index in [-0.39, 0.29) is 18.1 Å². The summed E-state index contributed by atoms with van der Waals surface area (Å²) >= 11 is 0. The number of carbonyl (C=O) groups excluding carboxylic acids is 1. The van der Waals surface area contributed by atoms with Gasteiger partial charge in [-0.25, -0.2) is 9.97 Å². The van der Waals surface area contributed by atoms with Gasteiger partial charge < -0.3 is 24.6 Å². The molecule has 1 N–H and O–H groups in total. The van der Waals surface area contributed by atoms with Crippen molar-refractivity contribution in [2.75, 3.05) is 44.0 Å². The van der Waals surface area contributed by atoms with Crippen LogP contribution in [0.4, 0.5) is 24.8 Å². The Morgan fingerprint density at radius 2 is 1.75 bits per heavy atom. The fourth-order valence-electron chi connectivity index (χ4n) is 4.15. The van der Waals surface area contributed by atoms with Crippen LogP contribution in [0.25, 0.3) is 10.9 Å². The highest BCUT2D eigenvalue weighted by Crippen LogP contribution is 2.26. The van der Waals surface area contributed by atoms with Crippen LogP contribution in [0.2, 0.25) is 0 Å². The maximum Gasteiger partial charge on any atom is 0.573 e. The first kappa shape index (κ1) is 25.5. The first-order valence-electron chi connectivity index (χ1n) is 11.6. The van der Waals surface area contributed by atoms with Gasteiger partial charge >= 0.3 is 6.36 Å². The van der Waals surface area contributed by atoms with Gasteiger partial charge in [-0.15, -0.1) is 13.2 Å². The molecule has 36 heavy (non-hydrogen) atoms. The number of aromatic nitrogens is 2. The molecule has 1 amide bonds. The first-order valence-corrected chi connectivity index (χ1v) is 11.6. The number of benzene rings is 2. The fraction of sp³-hybridized carbons (Fsp3) is 0.400. The SMILES string of the molecule is Cc1nc(N2CCC(N(C)C)CC2)nc2ccc(NC(=O)COc3ccc(OC(F)(F)F)cc3)cc12. The van der Waals surface area contributed by atoms with Gasteiger partial charge in [-0.1, -0.05) is 0 Å². The standard InChI is InChI=1S/C25H28F3N5O3/c1-16-21-14-17(30-23(34)15-35-19-5-7-20(8-6-19)36-25(26,27)28)4-9-22(21)31-24(29-16)33-12-10-18(11-13-33)32(2)3/h4-9,14,18H,10-13,15H2,1-3H3,(H,30,34). The molecule has 1 aliphatic rings. The molecule has 1 aliphatic heterocycles. The highest BCUT2D eigenvalue weighted by molar-refractivity contribution is 5.95. The number of nitrogens with one attached hydrogen (secondary N) is 1. The zero-order chi connectivity index (χ0) is 25.9. The van der Waals surface area contributed by atoms with Crippen molar-refractivity contribution >= 4 is 28.4 Å². The van der Waals surface area contributed by atoms with Crippen molar-refractivity contribution < 1.29 is 27.4 Å². The van der Waals surface area contributed by atoms with Crippen molar-refractivity contribution in [3.8, 4) is 11.5 Å². The molecule has 192 valence electrons. The lowest BCUT2D eigenvalue weighted by Crippen LogP contribution is -2.42. The number of hydrogen-bond donors (Lipinski definition) is 1. The second kappa shape index (κ2) is 10.6. The van der Waals surface area contributed by atoms with E-state index in [1.54, 1.807) is 6.07 Å². The number of ether oxygens (including phenoxy) is 2. The maximum absolute atomic E-state index is 12.3. The third-order valence-electron chi connectivity index (χ3n) is 6.06. The van der Waals surface area contributed by atoms with Crippen molar-refractivity contribution in [1.29, 1.82) is 0 Å². The van der Waals surface area contributed by atoms with Gasteiger partial charge in [0.1, 0.15) is 11.5 Å². The van der Waals surface area contributed by atoms with E-state index in [0.29, 0.717) is 17.7 Å². The van der Waals surface area contributed by atoms with E-state index in [1.807, 2.05) is 19.1 Å². The largest absolute Gasteiger partial charge is 0.573 e. The van der Waals surface area contributed by atoms with Crippen LogP contribution in [0.1, 0.15) is 18.5 Å². The number of halogens is 3. The van der Waals surface area contributed by atoms with E-state index in [1.165, 1.54) is 12.1 Å². The fourth-order valence-corrected chi connectivity index (χ4v) is 4.15. The van der Waals surface area contributed by atoms with Gasteiger partial charge in [0, 0.05) is 30.2 Å². The summed E-state index contributed by atoms with van der Waals surface area (Å²) in [6.07, 6.45) is -2.64. The summed E-state index contributed by atoms with van der Waals surface area (Å²) in [6, 6.07) is 10.8. The minimum atomic E-state index is -4.77. The van der Waals surface area contributed by atoms with Gasteiger partial charge in [-0.2, -0.15) is 0 Å². The Hall–Kier alpha value is -3.60. The van der Waals surface area contributed by atoms with Gasteiger partial charge in [0.25, 0.3) is 5.91 Å². The average Bonchev–Trinajstić information content (AvgIpc) is 2.83. The monoisotopic (exact) mass is 503 g/mol. The van der Waals surface area contributed by atoms with Crippen LogP contribution in [0.5, 0.6) is 11.5 Å². The number of aryl methyl sites for hydroxylation is 1. The van der Waals surface area contributed by atoms with Gasteiger partial charge in [0.15, 0.2) is 6.61 Å². The normalized spacial score (nSPS) is 14.8. The maximum atomic E-state index is 12.3. The van der Waals surface area contributed by atoms with E-state index in [9.17, 15) is 18.0 Å².